The average Bonchev–Trinajstić information content (AvgIpc) is 2.65. The number of carbonyl (C=O) groups excluding carboxylic acids is 3. The number of hydrogen-bond acceptors (Lipinski definition) is 5. The predicted molar refractivity (Wildman–Crippen MR) is 97.6 cm³/mol. The highest BCUT2D eigenvalue weighted by Crippen LogP contribution is 2.15. The highest BCUT2D eigenvalue weighted by atomic mass is 16.5. The van der Waals surface area contributed by atoms with E-state index in [1.807, 2.05) is 31.2 Å². The summed E-state index contributed by atoms with van der Waals surface area (Å²) in [6.45, 7) is 1.51. The van der Waals surface area contributed by atoms with Crippen LogP contribution < -0.4 is 5.32 Å². The minimum absolute atomic E-state index is 0.217. The molecule has 0 saturated heterocycles. The van der Waals surface area contributed by atoms with Gasteiger partial charge in [0.2, 0.25) is 0 Å². The zero-order valence-corrected chi connectivity index (χ0v) is 14.5. The third kappa shape index (κ3) is 5.59. The van der Waals surface area contributed by atoms with Crippen LogP contribution in [0.25, 0.3) is 6.08 Å². The van der Waals surface area contributed by atoms with Gasteiger partial charge in [0, 0.05) is 6.08 Å². The van der Waals surface area contributed by atoms with Gasteiger partial charge < -0.3 is 14.8 Å². The van der Waals surface area contributed by atoms with E-state index in [9.17, 15) is 14.4 Å². The van der Waals surface area contributed by atoms with E-state index >= 15 is 0 Å². The standard InChI is InChI=1S/C20H19NO5/c1-14-7-9-15(10-8-14)11-12-19(23)26-13-18(22)21-17-6-4-3-5-16(17)20(24)25-2/h3-12H,13H2,1-2H3,(H,21,22)/b12-11+. The maximum absolute atomic E-state index is 11.9. The lowest BCUT2D eigenvalue weighted by Crippen LogP contribution is -2.21. The van der Waals surface area contributed by atoms with Gasteiger partial charge in [-0.15, -0.1) is 0 Å². The molecule has 2 aromatic rings. The van der Waals surface area contributed by atoms with Crippen molar-refractivity contribution >= 4 is 29.6 Å². The summed E-state index contributed by atoms with van der Waals surface area (Å²) < 4.78 is 9.55. The number of para-hydroxylation sites is 1. The van der Waals surface area contributed by atoms with E-state index in [1.165, 1.54) is 19.3 Å². The van der Waals surface area contributed by atoms with Crippen LogP contribution in [0.1, 0.15) is 21.5 Å². The summed E-state index contributed by atoms with van der Waals surface area (Å²) in [5, 5.41) is 2.52. The molecule has 0 unspecified atom stereocenters. The molecule has 0 spiro atoms. The molecule has 26 heavy (non-hydrogen) atoms. The predicted octanol–water partition coefficient (Wildman–Crippen LogP) is 2.98. The number of esters is 2. The second-order valence-electron chi connectivity index (χ2n) is 5.44. The Kier molecular flexibility index (Phi) is 6.68. The Morgan fingerprint density at radius 2 is 1.73 bits per heavy atom. The molecular weight excluding hydrogens is 334 g/mol. The number of benzene rings is 2. The number of amides is 1. The molecule has 2 aromatic carbocycles. The van der Waals surface area contributed by atoms with Gasteiger partial charge in [0.25, 0.3) is 5.91 Å². The molecule has 0 bridgehead atoms. The smallest absolute Gasteiger partial charge is 0.339 e. The van der Waals surface area contributed by atoms with Crippen LogP contribution >= 0.6 is 0 Å². The molecule has 0 aliphatic carbocycles. The molecule has 6 heteroatoms. The first-order valence-corrected chi connectivity index (χ1v) is 7.88. The molecule has 0 aliphatic heterocycles. The van der Waals surface area contributed by atoms with Crippen molar-refractivity contribution in [3.05, 3.63) is 71.3 Å². The van der Waals surface area contributed by atoms with Crippen LogP contribution in [0.2, 0.25) is 0 Å². The quantitative estimate of drug-likeness (QED) is 0.638. The van der Waals surface area contributed by atoms with Crippen LogP contribution in [0.4, 0.5) is 5.69 Å². The first kappa shape index (κ1) is 18.9. The van der Waals surface area contributed by atoms with E-state index in [0.29, 0.717) is 0 Å². The fraction of sp³-hybridized carbons (Fsp3) is 0.150. The number of aryl methyl sites for hydroxylation is 1. The number of hydrogen-bond donors (Lipinski definition) is 1. The topological polar surface area (TPSA) is 81.7 Å². The number of nitrogens with one attached hydrogen (secondary N) is 1. The van der Waals surface area contributed by atoms with Crippen LogP contribution in [0, 0.1) is 6.92 Å². The van der Waals surface area contributed by atoms with Crippen molar-refractivity contribution in [1.29, 1.82) is 0 Å². The summed E-state index contributed by atoms with van der Waals surface area (Å²) in [5.41, 5.74) is 2.47. The summed E-state index contributed by atoms with van der Waals surface area (Å²) in [4.78, 5) is 35.3. The lowest BCUT2D eigenvalue weighted by molar-refractivity contribution is -0.142. The molecular formula is C20H19NO5. The zero-order chi connectivity index (χ0) is 18.9. The SMILES string of the molecule is COC(=O)c1ccccc1NC(=O)COC(=O)/C=C/c1ccc(C)cc1. The molecule has 0 atom stereocenters. The third-order valence-electron chi connectivity index (χ3n) is 3.44. The molecule has 0 radical (unpaired) electrons. The van der Waals surface area contributed by atoms with Crippen molar-refractivity contribution in [1.82, 2.24) is 0 Å². The largest absolute Gasteiger partial charge is 0.465 e. The number of methoxy groups -OCH3 is 1. The molecule has 0 heterocycles. The number of anilines is 1. The summed E-state index contributed by atoms with van der Waals surface area (Å²) in [7, 11) is 1.25. The molecule has 134 valence electrons. The van der Waals surface area contributed by atoms with Gasteiger partial charge in [0.15, 0.2) is 6.61 Å². The highest BCUT2D eigenvalue weighted by Gasteiger charge is 2.13. The minimum Gasteiger partial charge on any atom is -0.465 e. The Morgan fingerprint density at radius 1 is 1.04 bits per heavy atom. The number of rotatable bonds is 6. The van der Waals surface area contributed by atoms with E-state index < -0.39 is 24.5 Å². The van der Waals surface area contributed by atoms with Crippen molar-refractivity contribution < 1.29 is 23.9 Å². The Hall–Kier alpha value is -3.41. The highest BCUT2D eigenvalue weighted by molar-refractivity contribution is 6.02. The van der Waals surface area contributed by atoms with Crippen LogP contribution in [0.3, 0.4) is 0 Å². The van der Waals surface area contributed by atoms with Gasteiger partial charge in [-0.3, -0.25) is 4.79 Å². The van der Waals surface area contributed by atoms with Crippen LogP contribution in [0.5, 0.6) is 0 Å². The molecule has 2 rings (SSSR count). The van der Waals surface area contributed by atoms with Crippen molar-refractivity contribution in [2.45, 2.75) is 6.92 Å². The van der Waals surface area contributed by atoms with Gasteiger partial charge in [-0.25, -0.2) is 9.59 Å². The first-order chi connectivity index (χ1) is 12.5. The number of ether oxygens (including phenoxy) is 2. The molecule has 0 fully saturated rings. The molecule has 6 nitrogen and oxygen atoms in total. The maximum atomic E-state index is 11.9. The zero-order valence-electron chi connectivity index (χ0n) is 14.5. The summed E-state index contributed by atoms with van der Waals surface area (Å²) in [6.07, 6.45) is 2.85. The molecule has 1 N–H and O–H groups in total. The number of carbonyl (C=O) groups is 3. The van der Waals surface area contributed by atoms with Crippen molar-refractivity contribution in [3.63, 3.8) is 0 Å². The second kappa shape index (κ2) is 9.17. The van der Waals surface area contributed by atoms with Crippen LogP contribution in [0.15, 0.2) is 54.6 Å². The lowest BCUT2D eigenvalue weighted by atomic mass is 10.1. The lowest BCUT2D eigenvalue weighted by Gasteiger charge is -2.09. The second-order valence-corrected chi connectivity index (χ2v) is 5.44. The Bertz CT molecular complexity index is 824. The van der Waals surface area contributed by atoms with Gasteiger partial charge >= 0.3 is 11.9 Å². The monoisotopic (exact) mass is 353 g/mol. The first-order valence-electron chi connectivity index (χ1n) is 7.88. The van der Waals surface area contributed by atoms with E-state index in [-0.39, 0.29) is 11.3 Å². The van der Waals surface area contributed by atoms with Gasteiger partial charge in [-0.2, -0.15) is 0 Å². The summed E-state index contributed by atoms with van der Waals surface area (Å²) >= 11 is 0. The van der Waals surface area contributed by atoms with E-state index in [1.54, 1.807) is 24.3 Å². The van der Waals surface area contributed by atoms with Crippen molar-refractivity contribution in [2.75, 3.05) is 19.0 Å². The molecule has 0 aliphatic rings. The molecule has 0 aromatic heterocycles. The van der Waals surface area contributed by atoms with Gasteiger partial charge in [-0.1, -0.05) is 42.0 Å². The van der Waals surface area contributed by atoms with Gasteiger partial charge in [0.05, 0.1) is 18.4 Å². The maximum Gasteiger partial charge on any atom is 0.339 e. The summed E-state index contributed by atoms with van der Waals surface area (Å²) in [6, 6.07) is 14.0. The van der Waals surface area contributed by atoms with Crippen molar-refractivity contribution in [3.8, 4) is 0 Å². The van der Waals surface area contributed by atoms with Gasteiger partial charge in [-0.05, 0) is 30.7 Å². The Balaban J connectivity index is 1.88. The molecule has 1 amide bonds. The van der Waals surface area contributed by atoms with E-state index in [0.717, 1.165) is 11.1 Å². The fourth-order valence-electron chi connectivity index (χ4n) is 2.09. The van der Waals surface area contributed by atoms with E-state index in [4.69, 9.17) is 4.74 Å². The normalized spacial score (nSPS) is 10.4. The minimum atomic E-state index is -0.637. The van der Waals surface area contributed by atoms with Gasteiger partial charge in [0.1, 0.15) is 0 Å². The summed E-state index contributed by atoms with van der Waals surface area (Å²) in [5.74, 6) is -1.76. The van der Waals surface area contributed by atoms with Crippen LogP contribution in [-0.2, 0) is 19.1 Å². The average molecular weight is 353 g/mol. The van der Waals surface area contributed by atoms with E-state index in [2.05, 4.69) is 10.1 Å². The molecule has 0 saturated carbocycles. The van der Waals surface area contributed by atoms with Crippen LogP contribution in [-0.4, -0.2) is 31.6 Å². The fourth-order valence-corrected chi connectivity index (χ4v) is 2.09. The van der Waals surface area contributed by atoms with Crippen molar-refractivity contribution in [2.24, 2.45) is 0 Å². The Morgan fingerprint density at radius 3 is 2.42 bits per heavy atom. The Labute approximate surface area is 151 Å². The third-order valence-corrected chi connectivity index (χ3v) is 3.44.